The molecular weight excluding hydrogens is 132 g/mol. The van der Waals surface area contributed by atoms with Gasteiger partial charge in [0.25, 0.3) is 0 Å². The number of rotatable bonds is 1. The van der Waals surface area contributed by atoms with Gasteiger partial charge in [0.1, 0.15) is 0 Å². The van der Waals surface area contributed by atoms with Crippen molar-refractivity contribution in [1.82, 2.24) is 0 Å². The summed E-state index contributed by atoms with van der Waals surface area (Å²) in [5.41, 5.74) is 0. The van der Waals surface area contributed by atoms with Gasteiger partial charge >= 0.3 is 0 Å². The van der Waals surface area contributed by atoms with Crippen molar-refractivity contribution in [3.63, 3.8) is 0 Å². The van der Waals surface area contributed by atoms with Crippen LogP contribution in [0.25, 0.3) is 0 Å². The Balaban J connectivity index is 1.96. The topological polar surface area (TPSA) is 27.7 Å². The van der Waals surface area contributed by atoms with E-state index in [-0.39, 0.29) is 6.29 Å². The Hall–Kier alpha value is -0.120. The molecule has 2 saturated heterocycles. The van der Waals surface area contributed by atoms with E-state index in [1.54, 1.807) is 7.11 Å². The minimum Gasteiger partial charge on any atom is -0.375 e. The molecule has 2 heterocycles. The van der Waals surface area contributed by atoms with Crippen LogP contribution in [-0.4, -0.2) is 32.2 Å². The molecule has 3 heteroatoms. The zero-order valence-electron chi connectivity index (χ0n) is 6.08. The summed E-state index contributed by atoms with van der Waals surface area (Å²) in [4.78, 5) is 0. The van der Waals surface area contributed by atoms with Crippen LogP contribution in [0.5, 0.6) is 0 Å². The van der Waals surface area contributed by atoms with E-state index in [0.29, 0.717) is 12.2 Å². The zero-order valence-corrected chi connectivity index (χ0v) is 6.08. The van der Waals surface area contributed by atoms with E-state index in [2.05, 4.69) is 0 Å². The molecule has 0 spiro atoms. The second kappa shape index (κ2) is 2.49. The lowest BCUT2D eigenvalue weighted by Gasteiger charge is -2.25. The van der Waals surface area contributed by atoms with Crippen LogP contribution < -0.4 is 0 Å². The van der Waals surface area contributed by atoms with Crippen LogP contribution in [0.3, 0.4) is 0 Å². The number of fused-ring (bicyclic) bond motifs is 2. The molecule has 2 fully saturated rings. The summed E-state index contributed by atoms with van der Waals surface area (Å²) in [7, 11) is 1.68. The number of hydrogen-bond donors (Lipinski definition) is 0. The van der Waals surface area contributed by atoms with E-state index in [0.717, 1.165) is 19.4 Å². The Morgan fingerprint density at radius 2 is 2.20 bits per heavy atom. The third-order valence-corrected chi connectivity index (χ3v) is 2.11. The van der Waals surface area contributed by atoms with Gasteiger partial charge in [0.05, 0.1) is 18.8 Å². The second-order valence-electron chi connectivity index (χ2n) is 2.85. The molecule has 0 N–H and O–H groups in total. The fourth-order valence-corrected chi connectivity index (χ4v) is 1.57. The van der Waals surface area contributed by atoms with Crippen LogP contribution in [0.1, 0.15) is 12.8 Å². The Morgan fingerprint density at radius 1 is 1.30 bits per heavy atom. The van der Waals surface area contributed by atoms with E-state index < -0.39 is 0 Å². The highest BCUT2D eigenvalue weighted by atomic mass is 16.7. The van der Waals surface area contributed by atoms with Crippen molar-refractivity contribution in [1.29, 1.82) is 0 Å². The van der Waals surface area contributed by atoms with Gasteiger partial charge < -0.3 is 14.2 Å². The van der Waals surface area contributed by atoms with E-state index in [9.17, 15) is 0 Å². The normalized spacial score (nSPS) is 45.9. The number of hydrogen-bond acceptors (Lipinski definition) is 3. The summed E-state index contributed by atoms with van der Waals surface area (Å²) in [6, 6.07) is 0. The van der Waals surface area contributed by atoms with Gasteiger partial charge in [0.2, 0.25) is 0 Å². The molecule has 0 saturated carbocycles. The highest BCUT2D eigenvalue weighted by Gasteiger charge is 2.35. The number of methoxy groups -OCH3 is 1. The first-order chi connectivity index (χ1) is 4.88. The summed E-state index contributed by atoms with van der Waals surface area (Å²) >= 11 is 0. The Bertz CT molecular complexity index is 114. The van der Waals surface area contributed by atoms with E-state index >= 15 is 0 Å². The van der Waals surface area contributed by atoms with Crippen molar-refractivity contribution in [3.05, 3.63) is 0 Å². The molecule has 3 nitrogen and oxygen atoms in total. The second-order valence-corrected chi connectivity index (χ2v) is 2.85. The molecule has 10 heavy (non-hydrogen) atoms. The van der Waals surface area contributed by atoms with Crippen LogP contribution in [-0.2, 0) is 14.2 Å². The fraction of sp³-hybridized carbons (Fsp3) is 1.00. The van der Waals surface area contributed by atoms with Crippen LogP contribution in [0.2, 0.25) is 0 Å². The van der Waals surface area contributed by atoms with Gasteiger partial charge in [-0.2, -0.15) is 0 Å². The maximum Gasteiger partial charge on any atom is 0.160 e. The first-order valence-electron chi connectivity index (χ1n) is 3.68. The zero-order chi connectivity index (χ0) is 6.97. The lowest BCUT2D eigenvalue weighted by atomic mass is 10.1. The summed E-state index contributed by atoms with van der Waals surface area (Å²) in [5.74, 6) is 0. The molecular formula is C7H12O3. The fourth-order valence-electron chi connectivity index (χ4n) is 1.57. The van der Waals surface area contributed by atoms with Gasteiger partial charge in [0, 0.05) is 20.0 Å². The molecule has 2 aliphatic heterocycles. The molecule has 0 amide bonds. The highest BCUT2D eigenvalue weighted by molar-refractivity contribution is 4.80. The summed E-state index contributed by atoms with van der Waals surface area (Å²) in [6.45, 7) is 0.754. The standard InChI is InChI=1S/C7H12O3/c1-8-7-3-5-2-6(10-7)4-9-5/h5-7H,2-4H2,1H3. The lowest BCUT2D eigenvalue weighted by Crippen LogP contribution is -2.31. The summed E-state index contributed by atoms with van der Waals surface area (Å²) in [5, 5.41) is 0. The first-order valence-corrected chi connectivity index (χ1v) is 3.68. The Kier molecular flexibility index (Phi) is 1.64. The van der Waals surface area contributed by atoms with Crippen molar-refractivity contribution < 1.29 is 14.2 Å². The molecule has 3 unspecified atom stereocenters. The molecule has 0 radical (unpaired) electrons. The maximum atomic E-state index is 5.48. The minimum absolute atomic E-state index is 0.0220. The molecule has 0 aliphatic carbocycles. The van der Waals surface area contributed by atoms with Crippen molar-refractivity contribution in [2.75, 3.05) is 13.7 Å². The lowest BCUT2D eigenvalue weighted by molar-refractivity contribution is -0.169. The molecule has 0 aromatic heterocycles. The molecule has 0 aromatic rings. The minimum atomic E-state index is -0.0220. The average molecular weight is 144 g/mol. The van der Waals surface area contributed by atoms with Gasteiger partial charge in [-0.3, -0.25) is 0 Å². The summed E-state index contributed by atoms with van der Waals surface area (Å²) < 4.78 is 16.0. The van der Waals surface area contributed by atoms with Crippen molar-refractivity contribution in [2.24, 2.45) is 0 Å². The van der Waals surface area contributed by atoms with Crippen molar-refractivity contribution in [2.45, 2.75) is 31.3 Å². The predicted molar refractivity (Wildman–Crippen MR) is 34.6 cm³/mol. The van der Waals surface area contributed by atoms with Crippen LogP contribution in [0.4, 0.5) is 0 Å². The molecule has 3 atom stereocenters. The molecule has 0 aromatic carbocycles. The third kappa shape index (κ3) is 1.05. The van der Waals surface area contributed by atoms with Gasteiger partial charge in [-0.05, 0) is 0 Å². The van der Waals surface area contributed by atoms with E-state index in [1.165, 1.54) is 0 Å². The third-order valence-electron chi connectivity index (χ3n) is 2.11. The van der Waals surface area contributed by atoms with E-state index in [4.69, 9.17) is 14.2 Å². The predicted octanol–water partition coefficient (Wildman–Crippen LogP) is 0.537. The van der Waals surface area contributed by atoms with Crippen LogP contribution in [0.15, 0.2) is 0 Å². The van der Waals surface area contributed by atoms with Gasteiger partial charge in [-0.1, -0.05) is 0 Å². The first kappa shape index (κ1) is 6.58. The average Bonchev–Trinajstić information content (AvgIpc) is 2.30. The quantitative estimate of drug-likeness (QED) is 0.537. The monoisotopic (exact) mass is 144 g/mol. The molecule has 2 rings (SSSR count). The largest absolute Gasteiger partial charge is 0.375 e. The van der Waals surface area contributed by atoms with Crippen LogP contribution in [0, 0.1) is 0 Å². The molecule has 2 bridgehead atoms. The van der Waals surface area contributed by atoms with Gasteiger partial charge in [-0.25, -0.2) is 0 Å². The molecule has 2 aliphatic rings. The Morgan fingerprint density at radius 3 is 2.90 bits per heavy atom. The summed E-state index contributed by atoms with van der Waals surface area (Å²) in [6.07, 6.45) is 2.62. The Labute approximate surface area is 60.3 Å². The molecule has 58 valence electrons. The van der Waals surface area contributed by atoms with Crippen molar-refractivity contribution >= 4 is 0 Å². The highest BCUT2D eigenvalue weighted by Crippen LogP contribution is 2.28. The number of ether oxygens (including phenoxy) is 3. The smallest absolute Gasteiger partial charge is 0.160 e. The van der Waals surface area contributed by atoms with E-state index in [1.807, 2.05) is 0 Å². The van der Waals surface area contributed by atoms with Crippen molar-refractivity contribution in [3.8, 4) is 0 Å². The SMILES string of the molecule is COC1CC2CC(CO2)O1. The maximum absolute atomic E-state index is 5.48. The van der Waals surface area contributed by atoms with Crippen LogP contribution >= 0.6 is 0 Å². The van der Waals surface area contributed by atoms with Gasteiger partial charge in [-0.15, -0.1) is 0 Å². The van der Waals surface area contributed by atoms with Gasteiger partial charge in [0.15, 0.2) is 6.29 Å².